The van der Waals surface area contributed by atoms with Crippen LogP contribution < -0.4 is 27.3 Å². The zero-order valence-electron chi connectivity index (χ0n) is 19.2. The van der Waals surface area contributed by atoms with E-state index in [1.165, 1.54) is 9.47 Å². The lowest BCUT2D eigenvalue weighted by molar-refractivity contribution is -0.119. The first kappa shape index (κ1) is 23.0. The van der Waals surface area contributed by atoms with Gasteiger partial charge in [0, 0.05) is 23.9 Å². The largest absolute Gasteiger partial charge is 0.383 e. The van der Waals surface area contributed by atoms with Gasteiger partial charge in [0.2, 0.25) is 5.91 Å². The van der Waals surface area contributed by atoms with Crippen molar-refractivity contribution in [3.8, 4) is 0 Å². The minimum absolute atomic E-state index is 0.0352. The van der Waals surface area contributed by atoms with Crippen LogP contribution in [0.3, 0.4) is 0 Å². The molecular weight excluding hydrogens is 434 g/mol. The molecule has 4 aromatic rings. The summed E-state index contributed by atoms with van der Waals surface area (Å²) in [6.07, 6.45) is 1.54. The van der Waals surface area contributed by atoms with Crippen LogP contribution in [-0.2, 0) is 17.9 Å². The van der Waals surface area contributed by atoms with Gasteiger partial charge >= 0.3 is 5.69 Å². The molecule has 2 heterocycles. The fraction of sp³-hybridized carbons (Fsp3) is 0.280. The number of amides is 1. The Balaban J connectivity index is 1.85. The minimum atomic E-state index is -0.708. The topological polar surface area (TPSA) is 123 Å². The summed E-state index contributed by atoms with van der Waals surface area (Å²) in [4.78, 5) is 55.1. The fourth-order valence-electron chi connectivity index (χ4n) is 4.30. The highest BCUT2D eigenvalue weighted by molar-refractivity contribution is 5.99. The predicted molar refractivity (Wildman–Crippen MR) is 134 cm³/mol. The molecular formula is C25H27N5O4. The molecule has 0 aliphatic rings. The van der Waals surface area contributed by atoms with Crippen molar-refractivity contribution < 1.29 is 4.79 Å². The third-order valence-corrected chi connectivity index (χ3v) is 6.01. The van der Waals surface area contributed by atoms with Gasteiger partial charge in [-0.1, -0.05) is 37.6 Å². The summed E-state index contributed by atoms with van der Waals surface area (Å²) in [5.74, 6) is -0.425. The number of pyridine rings is 1. The minimum Gasteiger partial charge on any atom is -0.383 e. The second-order valence-corrected chi connectivity index (χ2v) is 8.09. The van der Waals surface area contributed by atoms with Gasteiger partial charge in [0.1, 0.15) is 12.4 Å². The van der Waals surface area contributed by atoms with E-state index in [1.54, 1.807) is 60.0 Å². The van der Waals surface area contributed by atoms with Crippen LogP contribution in [0, 0.1) is 0 Å². The van der Waals surface area contributed by atoms with Gasteiger partial charge in [-0.2, -0.15) is 0 Å². The van der Waals surface area contributed by atoms with Crippen molar-refractivity contribution in [1.29, 1.82) is 0 Å². The number of H-pyrrole nitrogens is 1. The number of aromatic nitrogens is 3. The van der Waals surface area contributed by atoms with E-state index in [2.05, 4.69) is 4.98 Å². The summed E-state index contributed by atoms with van der Waals surface area (Å²) in [6.45, 7) is 4.11. The highest BCUT2D eigenvalue weighted by Gasteiger charge is 2.24. The summed E-state index contributed by atoms with van der Waals surface area (Å²) in [7, 11) is 0. The Hall–Kier alpha value is -4.14. The van der Waals surface area contributed by atoms with Crippen molar-refractivity contribution in [2.75, 3.05) is 17.2 Å². The molecule has 0 bridgehead atoms. The quantitative estimate of drug-likeness (QED) is 0.409. The molecule has 0 unspecified atom stereocenters. The number of unbranched alkanes of at least 4 members (excludes halogenated alkanes) is 1. The number of nitrogens with two attached hydrogens (primary N) is 1. The van der Waals surface area contributed by atoms with Gasteiger partial charge in [0.15, 0.2) is 11.1 Å². The van der Waals surface area contributed by atoms with E-state index in [4.69, 9.17) is 5.73 Å². The van der Waals surface area contributed by atoms with Gasteiger partial charge in [0.05, 0.1) is 11.0 Å². The molecule has 3 N–H and O–H groups in total. The van der Waals surface area contributed by atoms with Gasteiger partial charge < -0.3 is 15.2 Å². The summed E-state index contributed by atoms with van der Waals surface area (Å²) in [5.41, 5.74) is 6.01. The molecule has 4 rings (SSSR count). The van der Waals surface area contributed by atoms with Crippen LogP contribution in [0.15, 0.2) is 62.9 Å². The van der Waals surface area contributed by atoms with Crippen LogP contribution >= 0.6 is 0 Å². The molecule has 9 nitrogen and oxygen atoms in total. The number of hydrogen-bond acceptors (Lipinski definition) is 5. The van der Waals surface area contributed by atoms with E-state index in [0.29, 0.717) is 34.8 Å². The zero-order valence-corrected chi connectivity index (χ0v) is 19.2. The molecule has 9 heteroatoms. The van der Waals surface area contributed by atoms with Crippen LogP contribution in [0.2, 0.25) is 0 Å². The second kappa shape index (κ2) is 9.38. The van der Waals surface area contributed by atoms with Crippen molar-refractivity contribution >= 4 is 39.2 Å². The lowest BCUT2D eigenvalue weighted by atomic mass is 10.1. The van der Waals surface area contributed by atoms with Crippen LogP contribution in [-0.4, -0.2) is 26.6 Å². The van der Waals surface area contributed by atoms with Gasteiger partial charge in [-0.15, -0.1) is 0 Å². The summed E-state index contributed by atoms with van der Waals surface area (Å²) >= 11 is 0. The van der Waals surface area contributed by atoms with Crippen LogP contribution in [0.25, 0.3) is 21.8 Å². The van der Waals surface area contributed by atoms with Crippen LogP contribution in [0.4, 0.5) is 11.5 Å². The Labute approximate surface area is 195 Å². The number of likely N-dealkylation sites (N-methyl/N-ethyl adjacent to an activating group) is 1. The monoisotopic (exact) mass is 461 g/mol. The standard InChI is InChI=1S/C25H27N5O4/c1-3-5-14-29-23(26)21(24(33)27-25(29)34)28(4-2)20(31)15-30-18-12-8-6-10-16(18)22(32)17-11-7-9-13-19(17)30/h6-13H,3-5,14-15,26H2,1-2H3,(H,27,33,34). The third kappa shape index (κ3) is 3.89. The van der Waals surface area contributed by atoms with Crippen molar-refractivity contribution in [3.05, 3.63) is 79.6 Å². The molecule has 0 atom stereocenters. The van der Waals surface area contributed by atoms with Crippen LogP contribution in [0.5, 0.6) is 0 Å². The van der Waals surface area contributed by atoms with E-state index < -0.39 is 11.2 Å². The fourth-order valence-corrected chi connectivity index (χ4v) is 4.30. The second-order valence-electron chi connectivity index (χ2n) is 8.09. The number of nitrogen functional groups attached to an aromatic ring is 1. The van der Waals surface area contributed by atoms with Crippen molar-refractivity contribution in [2.24, 2.45) is 0 Å². The first-order chi connectivity index (χ1) is 16.4. The first-order valence-corrected chi connectivity index (χ1v) is 11.3. The number of anilines is 2. The maximum Gasteiger partial charge on any atom is 0.330 e. The molecule has 176 valence electrons. The van der Waals surface area contributed by atoms with Crippen molar-refractivity contribution in [3.63, 3.8) is 0 Å². The molecule has 0 radical (unpaired) electrons. The number of rotatable bonds is 7. The maximum absolute atomic E-state index is 13.6. The molecule has 0 aliphatic carbocycles. The number of para-hydroxylation sites is 2. The number of fused-ring (bicyclic) bond motifs is 2. The molecule has 34 heavy (non-hydrogen) atoms. The molecule has 2 aromatic heterocycles. The van der Waals surface area contributed by atoms with E-state index in [1.807, 2.05) is 6.92 Å². The molecule has 0 spiro atoms. The number of carbonyl (C=O) groups is 1. The molecule has 0 fully saturated rings. The molecule has 0 saturated heterocycles. The molecule has 0 aliphatic heterocycles. The Morgan fingerprint density at radius 3 is 2.09 bits per heavy atom. The number of nitrogens with one attached hydrogen (secondary N) is 1. The van der Waals surface area contributed by atoms with Gasteiger partial charge in [0.25, 0.3) is 5.56 Å². The number of aromatic amines is 1. The Bertz CT molecular complexity index is 1500. The zero-order chi connectivity index (χ0) is 24.4. The Kier molecular flexibility index (Phi) is 6.36. The van der Waals surface area contributed by atoms with E-state index in [0.717, 1.165) is 6.42 Å². The number of hydrogen-bond donors (Lipinski definition) is 2. The van der Waals surface area contributed by atoms with E-state index in [9.17, 15) is 19.2 Å². The number of carbonyl (C=O) groups excluding carboxylic acids is 1. The van der Waals surface area contributed by atoms with Crippen molar-refractivity contribution in [1.82, 2.24) is 14.1 Å². The average Bonchev–Trinajstić information content (AvgIpc) is 2.84. The average molecular weight is 462 g/mol. The summed E-state index contributed by atoms with van der Waals surface area (Å²) in [5, 5.41) is 1.00. The smallest absolute Gasteiger partial charge is 0.330 e. The highest BCUT2D eigenvalue weighted by Crippen LogP contribution is 2.22. The Morgan fingerprint density at radius 1 is 0.941 bits per heavy atom. The van der Waals surface area contributed by atoms with Crippen LogP contribution in [0.1, 0.15) is 26.7 Å². The first-order valence-electron chi connectivity index (χ1n) is 11.3. The number of nitrogens with zero attached hydrogens (tertiary/aromatic N) is 3. The SMILES string of the molecule is CCCCn1c(N)c(N(CC)C(=O)Cn2c3ccccc3c(=O)c3ccccc32)c(=O)[nH]c1=O. The summed E-state index contributed by atoms with van der Waals surface area (Å²) < 4.78 is 3.06. The summed E-state index contributed by atoms with van der Waals surface area (Å²) in [6, 6.07) is 14.2. The predicted octanol–water partition coefficient (Wildman–Crippen LogP) is 2.44. The van der Waals surface area contributed by atoms with Gasteiger partial charge in [-0.05, 0) is 37.6 Å². The Morgan fingerprint density at radius 2 is 1.53 bits per heavy atom. The molecule has 0 saturated carbocycles. The molecule has 2 aromatic carbocycles. The van der Waals surface area contributed by atoms with Gasteiger partial charge in [-0.3, -0.25) is 23.9 Å². The third-order valence-electron chi connectivity index (χ3n) is 6.01. The maximum atomic E-state index is 13.6. The number of benzene rings is 2. The lowest BCUT2D eigenvalue weighted by Crippen LogP contribution is -2.42. The van der Waals surface area contributed by atoms with Gasteiger partial charge in [-0.25, -0.2) is 4.79 Å². The molecule has 1 amide bonds. The van der Waals surface area contributed by atoms with Crippen molar-refractivity contribution in [2.45, 2.75) is 39.8 Å². The van der Waals surface area contributed by atoms with E-state index in [-0.39, 0.29) is 35.9 Å². The highest BCUT2D eigenvalue weighted by atomic mass is 16.2. The lowest BCUT2D eigenvalue weighted by Gasteiger charge is -2.24. The normalized spacial score (nSPS) is 11.2. The van der Waals surface area contributed by atoms with E-state index >= 15 is 0 Å².